The lowest BCUT2D eigenvalue weighted by atomic mass is 10.0. The number of amides is 2. The number of terminal acetylenes is 1. The van der Waals surface area contributed by atoms with Crippen molar-refractivity contribution in [3.63, 3.8) is 0 Å². The fourth-order valence-electron chi connectivity index (χ4n) is 1.87. The summed E-state index contributed by atoms with van der Waals surface area (Å²) in [6, 6.07) is 0.0681. The van der Waals surface area contributed by atoms with Gasteiger partial charge in [0.2, 0.25) is 0 Å². The lowest BCUT2D eigenvalue weighted by molar-refractivity contribution is 0.170. The SMILES string of the molecule is C#CCCCNC(=O)N1CCCC(C)C1. The fraction of sp³-hybridized carbons (Fsp3) is 0.750. The molecule has 0 radical (unpaired) electrons. The Hall–Kier alpha value is -1.17. The van der Waals surface area contributed by atoms with Gasteiger partial charge in [-0.15, -0.1) is 12.3 Å². The molecule has 0 aromatic rings. The summed E-state index contributed by atoms with van der Waals surface area (Å²) >= 11 is 0. The first kappa shape index (κ1) is 11.9. The molecule has 3 heteroatoms. The summed E-state index contributed by atoms with van der Waals surface area (Å²) in [6.45, 7) is 4.66. The molecule has 1 unspecified atom stereocenters. The molecule has 1 atom stereocenters. The Morgan fingerprint density at radius 3 is 3.13 bits per heavy atom. The van der Waals surface area contributed by atoms with Crippen molar-refractivity contribution in [1.82, 2.24) is 10.2 Å². The summed E-state index contributed by atoms with van der Waals surface area (Å²) in [4.78, 5) is 13.6. The van der Waals surface area contributed by atoms with E-state index in [1.54, 1.807) is 0 Å². The Morgan fingerprint density at radius 2 is 2.47 bits per heavy atom. The lowest BCUT2D eigenvalue weighted by Crippen LogP contribution is -2.45. The van der Waals surface area contributed by atoms with Gasteiger partial charge in [-0.2, -0.15) is 0 Å². The number of urea groups is 1. The molecular formula is C12H20N2O. The maximum atomic E-state index is 11.7. The molecule has 0 spiro atoms. The Labute approximate surface area is 92.2 Å². The molecule has 15 heavy (non-hydrogen) atoms. The molecule has 0 bridgehead atoms. The number of nitrogens with zero attached hydrogens (tertiary/aromatic N) is 1. The highest BCUT2D eigenvalue weighted by Crippen LogP contribution is 2.15. The van der Waals surface area contributed by atoms with Crippen molar-refractivity contribution < 1.29 is 4.79 Å². The highest BCUT2D eigenvalue weighted by molar-refractivity contribution is 5.74. The molecule has 84 valence electrons. The second-order valence-corrected chi connectivity index (χ2v) is 4.23. The number of carbonyl (C=O) groups is 1. The third kappa shape index (κ3) is 4.24. The second-order valence-electron chi connectivity index (χ2n) is 4.23. The van der Waals surface area contributed by atoms with Gasteiger partial charge in [0.25, 0.3) is 0 Å². The fourth-order valence-corrected chi connectivity index (χ4v) is 1.87. The van der Waals surface area contributed by atoms with Crippen molar-refractivity contribution in [1.29, 1.82) is 0 Å². The second kappa shape index (κ2) is 6.34. The standard InChI is InChI=1S/C12H20N2O/c1-3-4-5-8-13-12(15)14-9-6-7-11(2)10-14/h1,11H,4-10H2,2H3,(H,13,15). The highest BCUT2D eigenvalue weighted by atomic mass is 16.2. The van der Waals surface area contributed by atoms with Crippen molar-refractivity contribution in [2.75, 3.05) is 19.6 Å². The predicted octanol–water partition coefficient (Wildman–Crippen LogP) is 1.84. The van der Waals surface area contributed by atoms with Crippen LogP contribution in [-0.2, 0) is 0 Å². The molecule has 0 aromatic heterocycles. The zero-order valence-electron chi connectivity index (χ0n) is 9.46. The molecule has 1 aliphatic heterocycles. The summed E-state index contributed by atoms with van der Waals surface area (Å²) in [6.07, 6.45) is 9.09. The van der Waals surface area contributed by atoms with Gasteiger partial charge >= 0.3 is 6.03 Å². The Morgan fingerprint density at radius 1 is 1.67 bits per heavy atom. The molecule has 1 saturated heterocycles. The average molecular weight is 208 g/mol. The van der Waals surface area contributed by atoms with Crippen LogP contribution in [-0.4, -0.2) is 30.6 Å². The van der Waals surface area contributed by atoms with Gasteiger partial charge in [0.05, 0.1) is 0 Å². The summed E-state index contributed by atoms with van der Waals surface area (Å²) < 4.78 is 0. The summed E-state index contributed by atoms with van der Waals surface area (Å²) in [5.74, 6) is 3.20. The third-order valence-corrected chi connectivity index (χ3v) is 2.72. The Balaban J connectivity index is 2.18. The first-order valence-corrected chi connectivity index (χ1v) is 5.70. The van der Waals surface area contributed by atoms with Crippen LogP contribution >= 0.6 is 0 Å². The van der Waals surface area contributed by atoms with Crippen LogP contribution in [0.5, 0.6) is 0 Å². The van der Waals surface area contributed by atoms with Gasteiger partial charge in [-0.05, 0) is 25.2 Å². The maximum absolute atomic E-state index is 11.7. The van der Waals surface area contributed by atoms with E-state index in [1.807, 2.05) is 4.90 Å². The molecule has 2 amide bonds. The minimum Gasteiger partial charge on any atom is -0.338 e. The van der Waals surface area contributed by atoms with Crippen molar-refractivity contribution >= 4 is 6.03 Å². The molecular weight excluding hydrogens is 188 g/mol. The molecule has 1 N–H and O–H groups in total. The Bertz CT molecular complexity index is 244. The van der Waals surface area contributed by atoms with Crippen LogP contribution in [0.3, 0.4) is 0 Å². The third-order valence-electron chi connectivity index (χ3n) is 2.72. The predicted molar refractivity (Wildman–Crippen MR) is 61.4 cm³/mol. The zero-order chi connectivity index (χ0) is 11.1. The van der Waals surface area contributed by atoms with E-state index in [2.05, 4.69) is 18.2 Å². The summed E-state index contributed by atoms with van der Waals surface area (Å²) in [5, 5.41) is 2.90. The maximum Gasteiger partial charge on any atom is 0.317 e. The van der Waals surface area contributed by atoms with E-state index in [-0.39, 0.29) is 6.03 Å². The van der Waals surface area contributed by atoms with E-state index < -0.39 is 0 Å². The molecule has 0 saturated carbocycles. The van der Waals surface area contributed by atoms with E-state index in [4.69, 9.17) is 6.42 Å². The number of hydrogen-bond acceptors (Lipinski definition) is 1. The number of carbonyl (C=O) groups excluding carboxylic acids is 1. The van der Waals surface area contributed by atoms with Gasteiger partial charge in [0.1, 0.15) is 0 Å². The van der Waals surface area contributed by atoms with E-state index in [9.17, 15) is 4.79 Å². The minimum atomic E-state index is 0.0681. The normalized spacial score (nSPS) is 20.8. The van der Waals surface area contributed by atoms with Crippen LogP contribution < -0.4 is 5.32 Å². The smallest absolute Gasteiger partial charge is 0.317 e. The molecule has 1 aliphatic rings. The van der Waals surface area contributed by atoms with E-state index in [0.717, 1.165) is 32.4 Å². The van der Waals surface area contributed by atoms with E-state index in [0.29, 0.717) is 12.5 Å². The van der Waals surface area contributed by atoms with Crippen LogP contribution in [0.1, 0.15) is 32.6 Å². The zero-order valence-corrected chi connectivity index (χ0v) is 9.46. The molecule has 1 fully saturated rings. The van der Waals surface area contributed by atoms with Gasteiger partial charge in [-0.1, -0.05) is 6.92 Å². The van der Waals surface area contributed by atoms with Gasteiger partial charge in [-0.25, -0.2) is 4.79 Å². The highest BCUT2D eigenvalue weighted by Gasteiger charge is 2.19. The quantitative estimate of drug-likeness (QED) is 0.557. The van der Waals surface area contributed by atoms with Crippen molar-refractivity contribution in [3.8, 4) is 12.3 Å². The Kier molecular flexibility index (Phi) is 5.03. The van der Waals surface area contributed by atoms with Crippen LogP contribution in [0.4, 0.5) is 4.79 Å². The first-order valence-electron chi connectivity index (χ1n) is 5.70. The van der Waals surface area contributed by atoms with Gasteiger partial charge in [-0.3, -0.25) is 0 Å². The van der Waals surface area contributed by atoms with Crippen LogP contribution in [0.2, 0.25) is 0 Å². The minimum absolute atomic E-state index is 0.0681. The average Bonchev–Trinajstić information content (AvgIpc) is 2.24. The molecule has 0 aliphatic carbocycles. The van der Waals surface area contributed by atoms with Crippen molar-refractivity contribution in [3.05, 3.63) is 0 Å². The van der Waals surface area contributed by atoms with Gasteiger partial charge < -0.3 is 10.2 Å². The molecule has 3 nitrogen and oxygen atoms in total. The van der Waals surface area contributed by atoms with E-state index in [1.165, 1.54) is 6.42 Å². The number of rotatable bonds is 3. The first-order chi connectivity index (χ1) is 7.24. The monoisotopic (exact) mass is 208 g/mol. The van der Waals surface area contributed by atoms with Crippen molar-refractivity contribution in [2.24, 2.45) is 5.92 Å². The molecule has 0 aromatic carbocycles. The van der Waals surface area contributed by atoms with Crippen LogP contribution in [0.25, 0.3) is 0 Å². The molecule has 1 heterocycles. The number of nitrogens with one attached hydrogen (secondary N) is 1. The largest absolute Gasteiger partial charge is 0.338 e. The van der Waals surface area contributed by atoms with Crippen LogP contribution in [0.15, 0.2) is 0 Å². The number of unbranched alkanes of at least 4 members (excludes halogenated alkanes) is 1. The topological polar surface area (TPSA) is 32.3 Å². The van der Waals surface area contributed by atoms with Crippen LogP contribution in [0, 0.1) is 18.3 Å². The molecule has 1 rings (SSSR count). The summed E-state index contributed by atoms with van der Waals surface area (Å²) in [7, 11) is 0. The summed E-state index contributed by atoms with van der Waals surface area (Å²) in [5.41, 5.74) is 0. The van der Waals surface area contributed by atoms with Crippen molar-refractivity contribution in [2.45, 2.75) is 32.6 Å². The number of hydrogen-bond donors (Lipinski definition) is 1. The van der Waals surface area contributed by atoms with E-state index >= 15 is 0 Å². The van der Waals surface area contributed by atoms with Gasteiger partial charge in [0, 0.05) is 26.1 Å². The lowest BCUT2D eigenvalue weighted by Gasteiger charge is -2.30. The number of piperidine rings is 1. The number of likely N-dealkylation sites (tertiary alicyclic amines) is 1. The van der Waals surface area contributed by atoms with Gasteiger partial charge in [0.15, 0.2) is 0 Å².